The van der Waals surface area contributed by atoms with Crippen molar-refractivity contribution in [3.63, 3.8) is 0 Å². The van der Waals surface area contributed by atoms with Gasteiger partial charge >= 0.3 is 0 Å². The topological polar surface area (TPSA) is 49.4 Å². The lowest BCUT2D eigenvalue weighted by Gasteiger charge is -2.50. The van der Waals surface area contributed by atoms with Crippen LogP contribution in [0.1, 0.15) is 46.0 Å². The molecule has 1 spiro atoms. The number of nitrogens with zero attached hydrogens (tertiary/aromatic N) is 1. The van der Waals surface area contributed by atoms with Crippen LogP contribution in [0.4, 0.5) is 4.39 Å². The zero-order valence-corrected chi connectivity index (χ0v) is 11.7. The van der Waals surface area contributed by atoms with Gasteiger partial charge in [-0.15, -0.1) is 0 Å². The molecule has 0 aromatic rings. The molecule has 2 rings (SSSR count). The predicted molar refractivity (Wildman–Crippen MR) is 70.3 cm³/mol. The van der Waals surface area contributed by atoms with Gasteiger partial charge in [0.25, 0.3) is 0 Å². The maximum Gasteiger partial charge on any atom is 0.246 e. The zero-order valence-electron chi connectivity index (χ0n) is 11.7. The van der Waals surface area contributed by atoms with E-state index in [1.165, 1.54) is 4.90 Å². The fourth-order valence-corrected chi connectivity index (χ4v) is 3.33. The molecule has 1 saturated carbocycles. The maximum absolute atomic E-state index is 12.8. The molecule has 2 aliphatic rings. The van der Waals surface area contributed by atoms with Crippen molar-refractivity contribution in [3.05, 3.63) is 0 Å². The first-order valence-corrected chi connectivity index (χ1v) is 7.21. The number of amides is 2. The van der Waals surface area contributed by atoms with Gasteiger partial charge in [-0.25, -0.2) is 4.39 Å². The van der Waals surface area contributed by atoms with Gasteiger partial charge in [-0.3, -0.25) is 9.59 Å². The summed E-state index contributed by atoms with van der Waals surface area (Å²) in [6, 6.07) is -0.508. The molecule has 0 aromatic heterocycles. The number of piperazine rings is 1. The van der Waals surface area contributed by atoms with Crippen molar-refractivity contribution in [3.8, 4) is 0 Å². The minimum absolute atomic E-state index is 0.0273. The lowest BCUT2D eigenvalue weighted by atomic mass is 9.76. The minimum atomic E-state index is -0.785. The number of alkyl halides is 1. The van der Waals surface area contributed by atoms with Crippen molar-refractivity contribution in [2.75, 3.05) is 13.2 Å². The second-order valence-electron chi connectivity index (χ2n) is 5.97. The molecule has 1 aliphatic carbocycles. The normalized spacial score (nSPS) is 26.9. The number of hydrogen-bond acceptors (Lipinski definition) is 2. The summed E-state index contributed by atoms with van der Waals surface area (Å²) in [6.45, 7) is 3.24. The van der Waals surface area contributed by atoms with E-state index in [9.17, 15) is 14.0 Å². The van der Waals surface area contributed by atoms with Crippen LogP contribution in [0.5, 0.6) is 0 Å². The summed E-state index contributed by atoms with van der Waals surface area (Å²) in [6.07, 6.45) is 4.26. The van der Waals surface area contributed by atoms with E-state index in [4.69, 9.17) is 0 Å². The Kier molecular flexibility index (Phi) is 4.11. The maximum atomic E-state index is 12.8. The molecule has 1 unspecified atom stereocenters. The molecule has 4 nitrogen and oxygen atoms in total. The Labute approximate surface area is 113 Å². The van der Waals surface area contributed by atoms with Crippen molar-refractivity contribution in [1.82, 2.24) is 10.2 Å². The quantitative estimate of drug-likeness (QED) is 0.847. The fourth-order valence-electron chi connectivity index (χ4n) is 3.33. The Morgan fingerprint density at radius 3 is 2.47 bits per heavy atom. The van der Waals surface area contributed by atoms with E-state index in [-0.39, 0.29) is 24.3 Å². The van der Waals surface area contributed by atoms with Crippen molar-refractivity contribution in [1.29, 1.82) is 0 Å². The van der Waals surface area contributed by atoms with Gasteiger partial charge in [0.2, 0.25) is 11.8 Å². The summed E-state index contributed by atoms with van der Waals surface area (Å²) in [5.74, 6) is -0.174. The lowest BCUT2D eigenvalue weighted by molar-refractivity contribution is -0.161. The average Bonchev–Trinajstić information content (AvgIpc) is 2.40. The first kappa shape index (κ1) is 14.3. The van der Waals surface area contributed by atoms with Crippen LogP contribution in [0, 0.1) is 5.92 Å². The summed E-state index contributed by atoms with van der Waals surface area (Å²) in [5, 5.41) is 2.86. The van der Waals surface area contributed by atoms with Gasteiger partial charge in [-0.1, -0.05) is 33.1 Å². The average molecular weight is 270 g/mol. The third kappa shape index (κ3) is 2.35. The second-order valence-corrected chi connectivity index (χ2v) is 5.97. The molecular formula is C14H23FN2O2. The number of carbonyl (C=O) groups is 2. The highest BCUT2D eigenvalue weighted by Crippen LogP contribution is 2.37. The van der Waals surface area contributed by atoms with Crippen LogP contribution in [0.25, 0.3) is 0 Å². The largest absolute Gasteiger partial charge is 0.342 e. The van der Waals surface area contributed by atoms with Gasteiger partial charge in [0.05, 0.1) is 6.54 Å². The van der Waals surface area contributed by atoms with E-state index in [2.05, 4.69) is 5.32 Å². The second kappa shape index (κ2) is 5.47. The molecular weight excluding hydrogens is 247 g/mol. The van der Waals surface area contributed by atoms with Crippen LogP contribution in [0.15, 0.2) is 0 Å². The highest BCUT2D eigenvalue weighted by Gasteiger charge is 2.52. The van der Waals surface area contributed by atoms with E-state index < -0.39 is 18.3 Å². The van der Waals surface area contributed by atoms with Crippen molar-refractivity contribution in [2.24, 2.45) is 5.92 Å². The summed E-state index contributed by atoms with van der Waals surface area (Å²) < 4.78 is 12.8. The van der Waals surface area contributed by atoms with Crippen LogP contribution in [-0.2, 0) is 9.59 Å². The summed E-state index contributed by atoms with van der Waals surface area (Å²) in [5.41, 5.74) is -0.785. The van der Waals surface area contributed by atoms with Gasteiger partial charge in [0.1, 0.15) is 18.3 Å². The summed E-state index contributed by atoms with van der Waals surface area (Å²) in [7, 11) is 0. The van der Waals surface area contributed by atoms with Crippen molar-refractivity contribution < 1.29 is 14.0 Å². The minimum Gasteiger partial charge on any atom is -0.342 e. The van der Waals surface area contributed by atoms with Crippen molar-refractivity contribution >= 4 is 11.8 Å². The van der Waals surface area contributed by atoms with E-state index in [0.717, 1.165) is 19.3 Å². The van der Waals surface area contributed by atoms with E-state index in [1.54, 1.807) is 0 Å². The number of hydrogen-bond donors (Lipinski definition) is 1. The molecule has 0 radical (unpaired) electrons. The summed E-state index contributed by atoms with van der Waals surface area (Å²) >= 11 is 0. The molecule has 108 valence electrons. The predicted octanol–water partition coefficient (Wildman–Crippen LogP) is 1.64. The molecule has 1 heterocycles. The number of nitrogens with one attached hydrogen (secondary N) is 1. The SMILES string of the molecule is CC(C)C1NC(=O)C2(CCCCC2)N(CCF)C1=O. The van der Waals surface area contributed by atoms with E-state index in [1.807, 2.05) is 13.8 Å². The molecule has 5 heteroatoms. The first-order valence-electron chi connectivity index (χ1n) is 7.21. The van der Waals surface area contributed by atoms with Crippen LogP contribution in [-0.4, -0.2) is 41.5 Å². The highest BCUT2D eigenvalue weighted by atomic mass is 19.1. The third-order valence-electron chi connectivity index (χ3n) is 4.41. The number of carbonyl (C=O) groups excluding carboxylic acids is 2. The Morgan fingerprint density at radius 1 is 1.32 bits per heavy atom. The molecule has 2 amide bonds. The monoisotopic (exact) mass is 270 g/mol. The highest BCUT2D eigenvalue weighted by molar-refractivity contribution is 6.00. The van der Waals surface area contributed by atoms with Crippen LogP contribution in [0.3, 0.4) is 0 Å². The summed E-state index contributed by atoms with van der Waals surface area (Å²) in [4.78, 5) is 26.5. The molecule has 1 saturated heterocycles. The first-order chi connectivity index (χ1) is 9.03. The molecule has 19 heavy (non-hydrogen) atoms. The third-order valence-corrected chi connectivity index (χ3v) is 4.41. The van der Waals surface area contributed by atoms with Gasteiger partial charge < -0.3 is 10.2 Å². The van der Waals surface area contributed by atoms with E-state index >= 15 is 0 Å². The van der Waals surface area contributed by atoms with Crippen LogP contribution in [0.2, 0.25) is 0 Å². The zero-order chi connectivity index (χ0) is 14.0. The fraction of sp³-hybridized carbons (Fsp3) is 0.857. The molecule has 0 aromatic carbocycles. The van der Waals surface area contributed by atoms with Gasteiger partial charge in [0, 0.05) is 0 Å². The molecule has 0 bridgehead atoms. The Balaban J connectivity index is 2.31. The van der Waals surface area contributed by atoms with Crippen LogP contribution < -0.4 is 5.32 Å². The Morgan fingerprint density at radius 2 is 1.95 bits per heavy atom. The molecule has 1 aliphatic heterocycles. The lowest BCUT2D eigenvalue weighted by Crippen LogP contribution is -2.72. The van der Waals surface area contributed by atoms with Gasteiger partial charge in [0.15, 0.2) is 0 Å². The molecule has 1 N–H and O–H groups in total. The van der Waals surface area contributed by atoms with E-state index in [0.29, 0.717) is 12.8 Å². The smallest absolute Gasteiger partial charge is 0.246 e. The van der Waals surface area contributed by atoms with Gasteiger partial charge in [-0.2, -0.15) is 0 Å². The van der Waals surface area contributed by atoms with Crippen LogP contribution >= 0.6 is 0 Å². The Bertz CT molecular complexity index is 364. The standard InChI is InChI=1S/C14H23FN2O2/c1-10(2)11-12(18)17(9-8-15)14(13(19)16-11)6-4-3-5-7-14/h10-11H,3-9H2,1-2H3,(H,16,19). The number of rotatable bonds is 3. The van der Waals surface area contributed by atoms with Crippen molar-refractivity contribution in [2.45, 2.75) is 57.5 Å². The molecule has 1 atom stereocenters. The Hall–Kier alpha value is -1.13. The molecule has 2 fully saturated rings. The van der Waals surface area contributed by atoms with Gasteiger partial charge in [-0.05, 0) is 18.8 Å². The number of halogens is 1.